The fourth-order valence-electron chi connectivity index (χ4n) is 2.00. The van der Waals surface area contributed by atoms with Crippen molar-refractivity contribution in [2.75, 3.05) is 0 Å². The minimum Gasteiger partial charge on any atom is -0.508 e. The van der Waals surface area contributed by atoms with Crippen LogP contribution in [0.5, 0.6) is 5.75 Å². The van der Waals surface area contributed by atoms with Crippen molar-refractivity contribution >= 4 is 0 Å². The van der Waals surface area contributed by atoms with Crippen LogP contribution >= 0.6 is 0 Å². The highest BCUT2D eigenvalue weighted by Crippen LogP contribution is 2.14. The van der Waals surface area contributed by atoms with Gasteiger partial charge in [0.1, 0.15) is 5.75 Å². The molecular weight excluding hydrogens is 240 g/mol. The van der Waals surface area contributed by atoms with Crippen molar-refractivity contribution in [3.63, 3.8) is 0 Å². The zero-order valence-corrected chi connectivity index (χ0v) is 10.6. The summed E-state index contributed by atoms with van der Waals surface area (Å²) in [5, 5.41) is 29.2. The number of phenols is 1. The van der Waals surface area contributed by atoms with Crippen LogP contribution in [0.2, 0.25) is 0 Å². The van der Waals surface area contributed by atoms with E-state index in [1.807, 2.05) is 30.3 Å². The largest absolute Gasteiger partial charge is 0.508 e. The number of rotatable bonds is 5. The quantitative estimate of drug-likeness (QED) is 0.767. The van der Waals surface area contributed by atoms with Crippen LogP contribution in [-0.4, -0.2) is 27.5 Å². The standard InChI is InChI=1S/C16H18O3/c17-14-8-6-13(7-9-14)11-16(19)15(18)10-12-4-2-1-3-5-12/h1-9,15-19H,10-11H2/t15-,16-/m0/s1. The summed E-state index contributed by atoms with van der Waals surface area (Å²) >= 11 is 0. The molecule has 0 aliphatic carbocycles. The molecule has 3 N–H and O–H groups in total. The van der Waals surface area contributed by atoms with Crippen molar-refractivity contribution in [2.45, 2.75) is 25.0 Å². The predicted octanol–water partition coefficient (Wildman–Crippen LogP) is 1.90. The van der Waals surface area contributed by atoms with Gasteiger partial charge in [0, 0.05) is 12.8 Å². The lowest BCUT2D eigenvalue weighted by Crippen LogP contribution is -2.29. The maximum atomic E-state index is 9.99. The normalized spacial score (nSPS) is 14.0. The molecule has 3 nitrogen and oxygen atoms in total. The van der Waals surface area contributed by atoms with Crippen molar-refractivity contribution in [1.82, 2.24) is 0 Å². The first-order valence-electron chi connectivity index (χ1n) is 6.33. The summed E-state index contributed by atoms with van der Waals surface area (Å²) in [5.74, 6) is 0.197. The highest BCUT2D eigenvalue weighted by Gasteiger charge is 2.17. The number of hydrogen-bond acceptors (Lipinski definition) is 3. The molecule has 2 aromatic rings. The second kappa shape index (κ2) is 6.36. The molecule has 100 valence electrons. The van der Waals surface area contributed by atoms with Gasteiger partial charge in [-0.2, -0.15) is 0 Å². The zero-order chi connectivity index (χ0) is 13.7. The Labute approximate surface area is 112 Å². The molecule has 0 heterocycles. The second-order valence-electron chi connectivity index (χ2n) is 4.69. The van der Waals surface area contributed by atoms with Gasteiger partial charge in [-0.1, -0.05) is 42.5 Å². The van der Waals surface area contributed by atoms with E-state index < -0.39 is 12.2 Å². The molecule has 0 radical (unpaired) electrons. The van der Waals surface area contributed by atoms with E-state index in [0.29, 0.717) is 12.8 Å². The van der Waals surface area contributed by atoms with Gasteiger partial charge >= 0.3 is 0 Å². The molecular formula is C16H18O3. The Balaban J connectivity index is 1.92. The molecule has 0 saturated heterocycles. The monoisotopic (exact) mass is 258 g/mol. The topological polar surface area (TPSA) is 60.7 Å². The van der Waals surface area contributed by atoms with Crippen LogP contribution in [0.15, 0.2) is 54.6 Å². The van der Waals surface area contributed by atoms with Gasteiger partial charge in [0.05, 0.1) is 12.2 Å². The molecule has 19 heavy (non-hydrogen) atoms. The van der Waals surface area contributed by atoms with E-state index in [9.17, 15) is 15.3 Å². The van der Waals surface area contributed by atoms with Gasteiger partial charge in [-0.05, 0) is 23.3 Å². The molecule has 2 aromatic carbocycles. The van der Waals surface area contributed by atoms with Crippen LogP contribution < -0.4 is 0 Å². The number of aliphatic hydroxyl groups excluding tert-OH is 2. The Morgan fingerprint density at radius 3 is 1.68 bits per heavy atom. The molecule has 0 bridgehead atoms. The molecule has 0 aliphatic rings. The average molecular weight is 258 g/mol. The molecule has 0 spiro atoms. The van der Waals surface area contributed by atoms with Crippen molar-refractivity contribution in [2.24, 2.45) is 0 Å². The van der Waals surface area contributed by atoms with Crippen molar-refractivity contribution in [3.05, 3.63) is 65.7 Å². The van der Waals surface area contributed by atoms with Crippen LogP contribution in [0.3, 0.4) is 0 Å². The number of hydrogen-bond donors (Lipinski definition) is 3. The summed E-state index contributed by atoms with van der Waals surface area (Å²) in [6, 6.07) is 16.2. The van der Waals surface area contributed by atoms with Crippen LogP contribution in [-0.2, 0) is 12.8 Å². The molecule has 2 rings (SSSR count). The first-order chi connectivity index (χ1) is 9.15. The minimum atomic E-state index is -0.815. The lowest BCUT2D eigenvalue weighted by molar-refractivity contribution is 0.0206. The molecule has 3 heteroatoms. The molecule has 0 unspecified atom stereocenters. The van der Waals surface area contributed by atoms with Gasteiger partial charge in [-0.25, -0.2) is 0 Å². The van der Waals surface area contributed by atoms with E-state index in [1.165, 1.54) is 0 Å². The third-order valence-corrected chi connectivity index (χ3v) is 3.11. The van der Waals surface area contributed by atoms with E-state index >= 15 is 0 Å². The van der Waals surface area contributed by atoms with Crippen LogP contribution in [0.1, 0.15) is 11.1 Å². The summed E-state index contributed by atoms with van der Waals surface area (Å²) in [4.78, 5) is 0. The maximum Gasteiger partial charge on any atom is 0.115 e. The van der Waals surface area contributed by atoms with E-state index in [4.69, 9.17) is 0 Å². The maximum absolute atomic E-state index is 9.99. The number of phenolic OH excluding ortho intramolecular Hbond substituents is 1. The Morgan fingerprint density at radius 2 is 1.16 bits per heavy atom. The minimum absolute atomic E-state index is 0.197. The number of benzene rings is 2. The van der Waals surface area contributed by atoms with Crippen LogP contribution in [0.25, 0.3) is 0 Å². The van der Waals surface area contributed by atoms with Crippen molar-refractivity contribution < 1.29 is 15.3 Å². The van der Waals surface area contributed by atoms with Gasteiger partial charge in [0.25, 0.3) is 0 Å². The van der Waals surface area contributed by atoms with E-state index in [2.05, 4.69) is 0 Å². The van der Waals surface area contributed by atoms with Gasteiger partial charge in [0.15, 0.2) is 0 Å². The Kier molecular flexibility index (Phi) is 4.55. The SMILES string of the molecule is Oc1ccc(C[C@H](O)[C@@H](O)Cc2ccccc2)cc1. The second-order valence-corrected chi connectivity index (χ2v) is 4.69. The first kappa shape index (κ1) is 13.6. The van der Waals surface area contributed by atoms with Gasteiger partial charge in [0.2, 0.25) is 0 Å². The van der Waals surface area contributed by atoms with Gasteiger partial charge in [-0.15, -0.1) is 0 Å². The average Bonchev–Trinajstić information content (AvgIpc) is 2.42. The van der Waals surface area contributed by atoms with Crippen molar-refractivity contribution in [1.29, 1.82) is 0 Å². The summed E-state index contributed by atoms with van der Waals surface area (Å²) in [7, 11) is 0. The van der Waals surface area contributed by atoms with Crippen molar-refractivity contribution in [3.8, 4) is 5.75 Å². The number of aromatic hydroxyl groups is 1. The third-order valence-electron chi connectivity index (χ3n) is 3.11. The fraction of sp³-hybridized carbons (Fsp3) is 0.250. The fourth-order valence-corrected chi connectivity index (χ4v) is 2.00. The molecule has 0 saturated carbocycles. The Morgan fingerprint density at radius 1 is 0.684 bits per heavy atom. The van der Waals surface area contributed by atoms with Crippen LogP contribution in [0, 0.1) is 0 Å². The third kappa shape index (κ3) is 4.09. The molecule has 0 amide bonds. The molecule has 0 fully saturated rings. The van der Waals surface area contributed by atoms with Gasteiger partial charge < -0.3 is 15.3 Å². The predicted molar refractivity (Wildman–Crippen MR) is 74.0 cm³/mol. The van der Waals surface area contributed by atoms with E-state index in [0.717, 1.165) is 11.1 Å². The lowest BCUT2D eigenvalue weighted by atomic mass is 9.99. The highest BCUT2D eigenvalue weighted by molar-refractivity contribution is 5.26. The summed E-state index contributed by atoms with van der Waals surface area (Å²) in [6.45, 7) is 0. The first-order valence-corrected chi connectivity index (χ1v) is 6.33. The number of aliphatic hydroxyl groups is 2. The molecule has 2 atom stereocenters. The molecule has 0 aliphatic heterocycles. The summed E-state index contributed by atoms with van der Waals surface area (Å²) in [6.07, 6.45) is -0.810. The van der Waals surface area contributed by atoms with E-state index in [1.54, 1.807) is 24.3 Å². The summed E-state index contributed by atoms with van der Waals surface area (Å²) < 4.78 is 0. The highest BCUT2D eigenvalue weighted by atomic mass is 16.3. The van der Waals surface area contributed by atoms with E-state index in [-0.39, 0.29) is 5.75 Å². The van der Waals surface area contributed by atoms with Gasteiger partial charge in [-0.3, -0.25) is 0 Å². The zero-order valence-electron chi connectivity index (χ0n) is 10.6. The lowest BCUT2D eigenvalue weighted by Gasteiger charge is -2.18. The smallest absolute Gasteiger partial charge is 0.115 e. The van der Waals surface area contributed by atoms with Crippen LogP contribution in [0.4, 0.5) is 0 Å². The Hall–Kier alpha value is -1.84. The molecule has 0 aromatic heterocycles. The summed E-state index contributed by atoms with van der Waals surface area (Å²) in [5.41, 5.74) is 1.89. The Bertz CT molecular complexity index is 493.